The zero-order chi connectivity index (χ0) is 18.2. The lowest BCUT2D eigenvalue weighted by atomic mass is 10.1. The van der Waals surface area contributed by atoms with Crippen LogP contribution in [-0.2, 0) is 16.0 Å². The molecule has 1 unspecified atom stereocenters. The summed E-state index contributed by atoms with van der Waals surface area (Å²) in [4.78, 5) is 32.0. The van der Waals surface area contributed by atoms with Crippen LogP contribution in [0.15, 0.2) is 36.8 Å². The molecule has 25 heavy (non-hydrogen) atoms. The van der Waals surface area contributed by atoms with E-state index in [-0.39, 0.29) is 12.0 Å². The molecule has 6 nitrogen and oxygen atoms in total. The minimum Gasteiger partial charge on any atom is -0.344 e. The van der Waals surface area contributed by atoms with E-state index in [9.17, 15) is 18.4 Å². The minimum atomic E-state index is -0.772. The van der Waals surface area contributed by atoms with E-state index in [1.165, 1.54) is 18.6 Å². The van der Waals surface area contributed by atoms with Crippen LogP contribution in [0.25, 0.3) is 0 Å². The summed E-state index contributed by atoms with van der Waals surface area (Å²) in [5, 5.41) is 5.18. The Kier molecular flexibility index (Phi) is 6.50. The van der Waals surface area contributed by atoms with Gasteiger partial charge in [-0.2, -0.15) is 0 Å². The highest BCUT2D eigenvalue weighted by molar-refractivity contribution is 5.96. The molecular formula is C17H18F2N4O2. The van der Waals surface area contributed by atoms with Gasteiger partial charge in [0.25, 0.3) is 0 Å². The van der Waals surface area contributed by atoms with Crippen molar-refractivity contribution in [2.45, 2.75) is 32.2 Å². The molecule has 0 saturated heterocycles. The fraction of sp³-hybridized carbons (Fsp3) is 0.294. The SMILES string of the molecule is CCCC(NC(=O)Cc1cc(F)cc(F)c1)C(=O)Nc1ccncn1. The normalized spacial score (nSPS) is 11.6. The number of carbonyl (C=O) groups excluding carboxylic acids is 2. The Morgan fingerprint density at radius 3 is 2.52 bits per heavy atom. The number of halogens is 2. The van der Waals surface area contributed by atoms with Crippen molar-refractivity contribution >= 4 is 17.6 Å². The number of aromatic nitrogens is 2. The van der Waals surface area contributed by atoms with E-state index in [2.05, 4.69) is 20.6 Å². The molecule has 2 amide bonds. The maximum atomic E-state index is 13.2. The maximum absolute atomic E-state index is 13.2. The summed E-state index contributed by atoms with van der Waals surface area (Å²) in [5.74, 6) is -2.10. The van der Waals surface area contributed by atoms with Crippen molar-refractivity contribution in [2.24, 2.45) is 0 Å². The molecule has 1 atom stereocenters. The van der Waals surface area contributed by atoms with Crippen LogP contribution in [0.3, 0.4) is 0 Å². The lowest BCUT2D eigenvalue weighted by molar-refractivity contribution is -0.126. The minimum absolute atomic E-state index is 0.196. The van der Waals surface area contributed by atoms with Gasteiger partial charge in [-0.25, -0.2) is 18.7 Å². The maximum Gasteiger partial charge on any atom is 0.248 e. The summed E-state index contributed by atoms with van der Waals surface area (Å²) in [6, 6.07) is 3.65. The fourth-order valence-corrected chi connectivity index (χ4v) is 2.28. The first-order valence-electron chi connectivity index (χ1n) is 7.79. The van der Waals surface area contributed by atoms with Gasteiger partial charge in [0.15, 0.2) is 0 Å². The van der Waals surface area contributed by atoms with Gasteiger partial charge < -0.3 is 10.6 Å². The van der Waals surface area contributed by atoms with Crippen molar-refractivity contribution in [1.29, 1.82) is 0 Å². The van der Waals surface area contributed by atoms with E-state index in [4.69, 9.17) is 0 Å². The summed E-state index contributed by atoms with van der Waals surface area (Å²) < 4.78 is 26.4. The van der Waals surface area contributed by atoms with Crippen molar-refractivity contribution in [3.63, 3.8) is 0 Å². The van der Waals surface area contributed by atoms with Gasteiger partial charge >= 0.3 is 0 Å². The number of nitrogens with zero attached hydrogens (tertiary/aromatic N) is 2. The van der Waals surface area contributed by atoms with Gasteiger partial charge in [0, 0.05) is 12.3 Å². The van der Waals surface area contributed by atoms with E-state index in [0.29, 0.717) is 18.7 Å². The van der Waals surface area contributed by atoms with Gasteiger partial charge in [0.05, 0.1) is 6.42 Å². The van der Waals surface area contributed by atoms with Crippen LogP contribution >= 0.6 is 0 Å². The Bertz CT molecular complexity index is 720. The van der Waals surface area contributed by atoms with Gasteiger partial charge in [0.2, 0.25) is 11.8 Å². The topological polar surface area (TPSA) is 84.0 Å². The van der Waals surface area contributed by atoms with Gasteiger partial charge in [-0.3, -0.25) is 9.59 Å². The average Bonchev–Trinajstić information content (AvgIpc) is 2.54. The van der Waals surface area contributed by atoms with Crippen molar-refractivity contribution in [1.82, 2.24) is 15.3 Å². The van der Waals surface area contributed by atoms with Gasteiger partial charge in [-0.1, -0.05) is 13.3 Å². The monoisotopic (exact) mass is 348 g/mol. The molecule has 0 aliphatic rings. The number of carbonyl (C=O) groups is 2. The Labute approximate surface area is 143 Å². The summed E-state index contributed by atoms with van der Waals surface area (Å²) in [7, 11) is 0. The number of amides is 2. The number of rotatable bonds is 7. The molecule has 0 aliphatic heterocycles. The third-order valence-corrected chi connectivity index (χ3v) is 3.35. The Morgan fingerprint density at radius 2 is 1.92 bits per heavy atom. The quantitative estimate of drug-likeness (QED) is 0.804. The van der Waals surface area contributed by atoms with Crippen LogP contribution in [0.4, 0.5) is 14.6 Å². The molecule has 0 radical (unpaired) electrons. The first-order chi connectivity index (χ1) is 12.0. The van der Waals surface area contributed by atoms with E-state index in [1.807, 2.05) is 6.92 Å². The zero-order valence-electron chi connectivity index (χ0n) is 13.6. The number of hydrogen-bond donors (Lipinski definition) is 2. The number of hydrogen-bond acceptors (Lipinski definition) is 4. The van der Waals surface area contributed by atoms with Crippen LogP contribution in [0.1, 0.15) is 25.3 Å². The van der Waals surface area contributed by atoms with Crippen molar-refractivity contribution in [3.05, 3.63) is 54.0 Å². The predicted octanol–water partition coefficient (Wildman–Crippen LogP) is 2.22. The van der Waals surface area contributed by atoms with Crippen molar-refractivity contribution in [3.8, 4) is 0 Å². The largest absolute Gasteiger partial charge is 0.344 e. The summed E-state index contributed by atoms with van der Waals surface area (Å²) in [6.07, 6.45) is 3.63. The first kappa shape index (κ1) is 18.4. The second kappa shape index (κ2) is 8.81. The molecule has 0 spiro atoms. The van der Waals surface area contributed by atoms with Crippen molar-refractivity contribution < 1.29 is 18.4 Å². The summed E-state index contributed by atoms with van der Waals surface area (Å²) in [6.45, 7) is 1.87. The number of nitrogens with one attached hydrogen (secondary N) is 2. The van der Waals surface area contributed by atoms with Gasteiger partial charge in [-0.15, -0.1) is 0 Å². The molecule has 1 aromatic carbocycles. The van der Waals surface area contributed by atoms with E-state index >= 15 is 0 Å². The third-order valence-electron chi connectivity index (χ3n) is 3.35. The number of anilines is 1. The van der Waals surface area contributed by atoms with Gasteiger partial charge in [-0.05, 0) is 30.2 Å². The van der Waals surface area contributed by atoms with Crippen LogP contribution in [-0.4, -0.2) is 27.8 Å². The lowest BCUT2D eigenvalue weighted by Gasteiger charge is -2.17. The molecule has 2 aromatic rings. The van der Waals surface area contributed by atoms with E-state index < -0.39 is 29.5 Å². The second-order valence-electron chi connectivity index (χ2n) is 5.45. The van der Waals surface area contributed by atoms with Crippen LogP contribution < -0.4 is 10.6 Å². The highest BCUT2D eigenvalue weighted by Gasteiger charge is 2.20. The molecule has 0 fully saturated rings. The predicted molar refractivity (Wildman–Crippen MR) is 87.6 cm³/mol. The molecule has 2 N–H and O–H groups in total. The summed E-state index contributed by atoms with van der Waals surface area (Å²) in [5.41, 5.74) is 0.196. The van der Waals surface area contributed by atoms with Crippen LogP contribution in [0, 0.1) is 11.6 Å². The van der Waals surface area contributed by atoms with Crippen molar-refractivity contribution in [2.75, 3.05) is 5.32 Å². The Morgan fingerprint density at radius 1 is 1.20 bits per heavy atom. The zero-order valence-corrected chi connectivity index (χ0v) is 13.6. The molecule has 1 aromatic heterocycles. The fourth-order valence-electron chi connectivity index (χ4n) is 2.28. The van der Waals surface area contributed by atoms with E-state index in [1.54, 1.807) is 0 Å². The Balaban J connectivity index is 1.99. The highest BCUT2D eigenvalue weighted by Crippen LogP contribution is 2.09. The molecule has 8 heteroatoms. The molecule has 132 valence electrons. The second-order valence-corrected chi connectivity index (χ2v) is 5.45. The molecule has 1 heterocycles. The van der Waals surface area contributed by atoms with Crippen LogP contribution in [0.5, 0.6) is 0 Å². The summed E-state index contributed by atoms with van der Waals surface area (Å²) >= 11 is 0. The van der Waals surface area contributed by atoms with E-state index in [0.717, 1.165) is 18.2 Å². The average molecular weight is 348 g/mol. The lowest BCUT2D eigenvalue weighted by Crippen LogP contribution is -2.44. The molecular weight excluding hydrogens is 330 g/mol. The van der Waals surface area contributed by atoms with Gasteiger partial charge in [0.1, 0.15) is 29.8 Å². The Hall–Kier alpha value is -2.90. The number of benzene rings is 1. The highest BCUT2D eigenvalue weighted by atomic mass is 19.1. The third kappa shape index (κ3) is 5.91. The van der Waals surface area contributed by atoms with Crippen LogP contribution in [0.2, 0.25) is 0 Å². The standard InChI is InChI=1S/C17H18F2N4O2/c1-2-3-14(17(25)23-15-4-5-20-10-21-15)22-16(24)8-11-6-12(18)9-13(19)7-11/h4-7,9-10,14H,2-3,8H2,1H3,(H,22,24)(H,20,21,23,25). The molecule has 2 rings (SSSR count). The molecule has 0 saturated carbocycles. The smallest absolute Gasteiger partial charge is 0.248 e. The first-order valence-corrected chi connectivity index (χ1v) is 7.79. The molecule has 0 aliphatic carbocycles. The molecule has 0 bridgehead atoms.